The molecular weight excluding hydrogens is 328 g/mol. The molecule has 4 aromatic carbocycles. The Labute approximate surface area is 159 Å². The number of hydrogen-bond donors (Lipinski definition) is 2. The molecule has 1 atom stereocenters. The highest BCUT2D eigenvalue weighted by Crippen LogP contribution is 2.51. The van der Waals surface area contributed by atoms with Crippen molar-refractivity contribution < 1.29 is 0 Å². The summed E-state index contributed by atoms with van der Waals surface area (Å²) < 4.78 is 0. The van der Waals surface area contributed by atoms with Crippen molar-refractivity contribution in [1.82, 2.24) is 0 Å². The van der Waals surface area contributed by atoms with Gasteiger partial charge in [-0.3, -0.25) is 0 Å². The molecule has 4 N–H and O–H groups in total. The van der Waals surface area contributed by atoms with Crippen LogP contribution >= 0.6 is 0 Å². The fourth-order valence-corrected chi connectivity index (χ4v) is 4.81. The van der Waals surface area contributed by atoms with Gasteiger partial charge in [-0.2, -0.15) is 0 Å². The van der Waals surface area contributed by atoms with E-state index in [2.05, 4.69) is 84.9 Å². The Morgan fingerprint density at radius 3 is 1.96 bits per heavy atom. The van der Waals surface area contributed by atoms with Gasteiger partial charge in [-0.15, -0.1) is 0 Å². The summed E-state index contributed by atoms with van der Waals surface area (Å²) in [6, 6.07) is 31.6. The topological polar surface area (TPSA) is 52.0 Å². The van der Waals surface area contributed by atoms with Crippen LogP contribution in [0.4, 0.5) is 5.69 Å². The van der Waals surface area contributed by atoms with E-state index in [0.29, 0.717) is 0 Å². The van der Waals surface area contributed by atoms with Crippen molar-refractivity contribution in [2.45, 2.75) is 17.9 Å². The largest absolute Gasteiger partial charge is 0.398 e. The Morgan fingerprint density at radius 1 is 0.704 bits per heavy atom. The van der Waals surface area contributed by atoms with Crippen molar-refractivity contribution in [3.63, 3.8) is 0 Å². The highest BCUT2D eigenvalue weighted by atomic mass is 14.7. The normalized spacial score (nSPS) is 17.7. The van der Waals surface area contributed by atoms with Gasteiger partial charge in [0.2, 0.25) is 0 Å². The highest BCUT2D eigenvalue weighted by molar-refractivity contribution is 5.94. The molecule has 0 bridgehead atoms. The van der Waals surface area contributed by atoms with Crippen molar-refractivity contribution in [2.75, 3.05) is 5.73 Å². The van der Waals surface area contributed by atoms with Gasteiger partial charge in [0.05, 0.1) is 0 Å². The van der Waals surface area contributed by atoms with Gasteiger partial charge in [0.15, 0.2) is 0 Å². The first kappa shape index (κ1) is 16.1. The summed E-state index contributed by atoms with van der Waals surface area (Å²) >= 11 is 0. The number of nitrogens with two attached hydrogens (primary N) is 2. The molecule has 1 aliphatic rings. The summed E-state index contributed by atoms with van der Waals surface area (Å²) in [6.07, 6.45) is 0.794. The van der Waals surface area contributed by atoms with Crippen molar-refractivity contribution in [3.05, 3.63) is 113 Å². The molecule has 0 fully saturated rings. The minimum atomic E-state index is -0.348. The van der Waals surface area contributed by atoms with Gasteiger partial charge in [0, 0.05) is 17.1 Å². The van der Waals surface area contributed by atoms with E-state index >= 15 is 0 Å². The lowest BCUT2D eigenvalue weighted by molar-refractivity contribution is 0.408. The molecule has 0 radical (unpaired) electrons. The fourth-order valence-electron chi connectivity index (χ4n) is 4.81. The van der Waals surface area contributed by atoms with Gasteiger partial charge in [-0.1, -0.05) is 84.9 Å². The van der Waals surface area contributed by atoms with E-state index in [-0.39, 0.29) is 11.5 Å². The number of anilines is 1. The fraction of sp³-hybridized carbons (Fsp3) is 0.120. The Hall–Kier alpha value is -3.10. The molecule has 0 amide bonds. The maximum atomic E-state index is 7.06. The van der Waals surface area contributed by atoms with E-state index in [4.69, 9.17) is 11.5 Å². The molecule has 0 spiro atoms. The van der Waals surface area contributed by atoms with Crippen molar-refractivity contribution in [1.29, 1.82) is 0 Å². The molecule has 0 aromatic heterocycles. The maximum Gasteiger partial charge on any atom is 0.0444 e. The van der Waals surface area contributed by atoms with Crippen LogP contribution < -0.4 is 11.5 Å². The monoisotopic (exact) mass is 350 g/mol. The van der Waals surface area contributed by atoms with Crippen LogP contribution in [0.15, 0.2) is 91.0 Å². The summed E-state index contributed by atoms with van der Waals surface area (Å²) in [6.45, 7) is 0. The highest BCUT2D eigenvalue weighted by Gasteiger charge is 2.45. The molecule has 2 nitrogen and oxygen atoms in total. The van der Waals surface area contributed by atoms with Crippen LogP contribution in [0.5, 0.6) is 0 Å². The number of benzene rings is 4. The van der Waals surface area contributed by atoms with Gasteiger partial charge in [0.1, 0.15) is 0 Å². The molecule has 1 aliphatic carbocycles. The summed E-state index contributed by atoms with van der Waals surface area (Å²) in [5, 5.41) is 2.44. The molecule has 27 heavy (non-hydrogen) atoms. The second kappa shape index (κ2) is 5.97. The Kier molecular flexibility index (Phi) is 3.56. The Bertz CT molecular complexity index is 1080. The molecule has 0 aliphatic heterocycles. The maximum absolute atomic E-state index is 7.06. The van der Waals surface area contributed by atoms with Gasteiger partial charge in [0.25, 0.3) is 0 Å². The smallest absolute Gasteiger partial charge is 0.0444 e. The lowest BCUT2D eigenvalue weighted by Gasteiger charge is -2.44. The summed E-state index contributed by atoms with van der Waals surface area (Å²) in [7, 11) is 0. The molecule has 0 saturated heterocycles. The van der Waals surface area contributed by atoms with Crippen LogP contribution in [0.3, 0.4) is 0 Å². The molecule has 2 heteroatoms. The first-order valence-electron chi connectivity index (χ1n) is 9.38. The van der Waals surface area contributed by atoms with Crippen LogP contribution in [0, 0.1) is 0 Å². The predicted octanol–water partition coefficient (Wildman–Crippen LogP) is 4.96. The lowest BCUT2D eigenvalue weighted by atomic mass is 9.60. The van der Waals surface area contributed by atoms with Crippen molar-refractivity contribution in [2.24, 2.45) is 5.73 Å². The van der Waals surface area contributed by atoms with E-state index in [1.807, 2.05) is 6.07 Å². The molecule has 1 unspecified atom stereocenters. The SMILES string of the molecule is Nc1ccc2cccc3c2c1CC(c1ccccc1)(c1ccccc1)C3N. The number of nitrogen functional groups attached to an aromatic ring is 1. The average Bonchev–Trinajstić information content (AvgIpc) is 2.73. The first-order chi connectivity index (χ1) is 13.2. The standard InChI is InChI=1S/C25H22N2/c26-22-15-14-17-8-7-13-20-23(17)21(22)16-25(24(20)27,18-9-3-1-4-10-18)19-11-5-2-6-12-19/h1-15,24H,16,26-27H2. The van der Waals surface area contributed by atoms with Crippen LogP contribution in [0.25, 0.3) is 10.8 Å². The molecule has 5 rings (SSSR count). The Balaban J connectivity index is 1.87. The number of rotatable bonds is 2. The minimum Gasteiger partial charge on any atom is -0.398 e. The minimum absolute atomic E-state index is 0.153. The van der Waals surface area contributed by atoms with Gasteiger partial charge >= 0.3 is 0 Å². The van der Waals surface area contributed by atoms with Crippen LogP contribution in [-0.2, 0) is 11.8 Å². The molecule has 0 saturated carbocycles. The van der Waals surface area contributed by atoms with E-state index in [0.717, 1.165) is 12.1 Å². The zero-order valence-electron chi connectivity index (χ0n) is 15.1. The predicted molar refractivity (Wildman–Crippen MR) is 113 cm³/mol. The van der Waals surface area contributed by atoms with Crippen LogP contribution in [0.1, 0.15) is 28.3 Å². The quantitative estimate of drug-likeness (QED) is 0.502. The van der Waals surface area contributed by atoms with Gasteiger partial charge in [-0.25, -0.2) is 0 Å². The zero-order valence-corrected chi connectivity index (χ0v) is 15.1. The zero-order chi connectivity index (χ0) is 18.4. The van der Waals surface area contributed by atoms with Gasteiger partial charge < -0.3 is 11.5 Å². The van der Waals surface area contributed by atoms with Crippen molar-refractivity contribution in [3.8, 4) is 0 Å². The molecular formula is C25H22N2. The Morgan fingerprint density at radius 2 is 1.33 bits per heavy atom. The molecule has 4 aromatic rings. The van der Waals surface area contributed by atoms with Crippen LogP contribution in [0.2, 0.25) is 0 Å². The van der Waals surface area contributed by atoms with Crippen LogP contribution in [-0.4, -0.2) is 0 Å². The summed E-state index contributed by atoms with van der Waals surface area (Å²) in [4.78, 5) is 0. The number of hydrogen-bond acceptors (Lipinski definition) is 2. The third kappa shape index (κ3) is 2.23. The van der Waals surface area contributed by atoms with E-state index in [9.17, 15) is 0 Å². The summed E-state index contributed by atoms with van der Waals surface area (Å²) in [5.41, 5.74) is 18.9. The first-order valence-corrected chi connectivity index (χ1v) is 9.38. The van der Waals surface area contributed by atoms with Crippen molar-refractivity contribution >= 4 is 16.5 Å². The van der Waals surface area contributed by atoms with E-state index < -0.39 is 0 Å². The third-order valence-electron chi connectivity index (χ3n) is 6.12. The average molecular weight is 350 g/mol. The summed E-state index contributed by atoms with van der Waals surface area (Å²) in [5.74, 6) is 0. The molecule has 132 valence electrons. The lowest BCUT2D eigenvalue weighted by Crippen LogP contribution is -2.44. The van der Waals surface area contributed by atoms with E-state index in [1.165, 1.54) is 33.0 Å². The molecule has 0 heterocycles. The third-order valence-corrected chi connectivity index (χ3v) is 6.12. The van der Waals surface area contributed by atoms with E-state index in [1.54, 1.807) is 0 Å². The second-order valence-corrected chi connectivity index (χ2v) is 7.44. The second-order valence-electron chi connectivity index (χ2n) is 7.44. The van der Waals surface area contributed by atoms with Gasteiger partial charge in [-0.05, 0) is 45.5 Å².